The molecule has 146 valence electrons. The topological polar surface area (TPSA) is 47.0 Å². The molecule has 1 N–H and O–H groups in total. The lowest BCUT2D eigenvalue weighted by Crippen LogP contribution is -2.42. The van der Waals surface area contributed by atoms with Crippen molar-refractivity contribution in [1.29, 1.82) is 0 Å². The van der Waals surface area contributed by atoms with Gasteiger partial charge in [-0.25, -0.2) is 0 Å². The van der Waals surface area contributed by atoms with Gasteiger partial charge in [-0.2, -0.15) is 0 Å². The number of rotatable bonds is 9. The highest BCUT2D eigenvalue weighted by Gasteiger charge is 2.61. The molecule has 2 saturated carbocycles. The summed E-state index contributed by atoms with van der Waals surface area (Å²) in [7, 11) is -1.70. The van der Waals surface area contributed by atoms with Gasteiger partial charge in [-0.05, 0) is 55.1 Å². The summed E-state index contributed by atoms with van der Waals surface area (Å²) in [4.78, 5) is 9.12. The average molecular weight is 376 g/mol. The monoisotopic (exact) mass is 375 g/mol. The molecule has 2 aliphatic carbocycles. The molecule has 0 bridgehead atoms. The van der Waals surface area contributed by atoms with Crippen LogP contribution in [0.2, 0.25) is 18.1 Å². The minimum Gasteiger partial charge on any atom is -0.407 e. The zero-order valence-corrected chi connectivity index (χ0v) is 18.5. The molecule has 0 aromatic carbocycles. The summed E-state index contributed by atoms with van der Waals surface area (Å²) in [5.41, 5.74) is 2.61. The van der Waals surface area contributed by atoms with E-state index in [9.17, 15) is 0 Å². The number of hydrogen-bond donors (Lipinski definition) is 1. The van der Waals surface area contributed by atoms with E-state index >= 15 is 0 Å². The van der Waals surface area contributed by atoms with E-state index in [0.29, 0.717) is 11.5 Å². The zero-order chi connectivity index (χ0) is 18.9. The molecular formula is C21H37N3OSi. The summed E-state index contributed by atoms with van der Waals surface area (Å²) in [6.07, 6.45) is 6.25. The fraction of sp³-hybridized carbons (Fsp3) is 0.810. The first kappa shape index (κ1) is 20.0. The van der Waals surface area contributed by atoms with E-state index in [4.69, 9.17) is 4.43 Å². The number of nitrogens with zero attached hydrogens (tertiary/aromatic N) is 2. The molecule has 0 radical (unpaired) electrons. The van der Waals surface area contributed by atoms with Gasteiger partial charge in [-0.1, -0.05) is 34.6 Å². The van der Waals surface area contributed by atoms with Gasteiger partial charge in [0.2, 0.25) is 0 Å². The van der Waals surface area contributed by atoms with Gasteiger partial charge in [0.15, 0.2) is 8.32 Å². The summed E-state index contributed by atoms with van der Waals surface area (Å²) >= 11 is 0. The molecule has 1 aromatic heterocycles. The van der Waals surface area contributed by atoms with Crippen molar-refractivity contribution >= 4 is 8.32 Å². The van der Waals surface area contributed by atoms with Gasteiger partial charge in [-0.15, -0.1) is 0 Å². The van der Waals surface area contributed by atoms with Gasteiger partial charge in [0.1, 0.15) is 6.10 Å². The highest BCUT2D eigenvalue weighted by Crippen LogP contribution is 2.66. The molecule has 0 aliphatic heterocycles. The van der Waals surface area contributed by atoms with Crippen LogP contribution in [0.5, 0.6) is 0 Å². The van der Waals surface area contributed by atoms with E-state index in [1.165, 1.54) is 12.8 Å². The Balaban J connectivity index is 1.69. The molecule has 2 fully saturated rings. The Kier molecular flexibility index (Phi) is 5.90. The highest BCUT2D eigenvalue weighted by molar-refractivity contribution is 6.73. The molecular weight excluding hydrogens is 338 g/mol. The lowest BCUT2D eigenvalue weighted by atomic mass is 9.97. The van der Waals surface area contributed by atoms with E-state index in [2.05, 4.69) is 56.8 Å². The summed E-state index contributed by atoms with van der Waals surface area (Å²) in [5.74, 6) is 1.85. The first-order chi connectivity index (χ1) is 12.4. The standard InChI is InChI=1S/C21H37N3OSi/c1-7-26(8-2,9-3)25-19(20-15(4)22-10-11-23-20)14-24-16-12-17-18(13-16)21(17,5)6/h10-11,16-19,24H,7-9,12-14H2,1-6H3/t16-,17+,18-,19?. The molecule has 1 heterocycles. The maximum atomic E-state index is 6.87. The van der Waals surface area contributed by atoms with E-state index in [-0.39, 0.29) is 6.10 Å². The Morgan fingerprint density at radius 3 is 2.23 bits per heavy atom. The normalized spacial score (nSPS) is 28.0. The molecule has 4 atom stereocenters. The number of aryl methyl sites for hydroxylation is 1. The third-order valence-corrected chi connectivity index (χ3v) is 12.2. The minimum atomic E-state index is -1.70. The predicted octanol–water partition coefficient (Wildman–Crippen LogP) is 4.87. The quantitative estimate of drug-likeness (QED) is 0.625. The van der Waals surface area contributed by atoms with E-state index in [0.717, 1.165) is 47.9 Å². The second-order valence-electron chi connectivity index (χ2n) is 8.99. The third kappa shape index (κ3) is 3.76. The fourth-order valence-electron chi connectivity index (χ4n) is 5.17. The molecule has 5 heteroatoms. The van der Waals surface area contributed by atoms with Gasteiger partial charge in [0, 0.05) is 25.0 Å². The van der Waals surface area contributed by atoms with Crippen molar-refractivity contribution in [2.45, 2.75) is 84.7 Å². The number of nitrogens with one attached hydrogen (secondary N) is 1. The van der Waals surface area contributed by atoms with Crippen LogP contribution in [-0.2, 0) is 4.43 Å². The molecule has 1 unspecified atom stereocenters. The van der Waals surface area contributed by atoms with Crippen LogP contribution < -0.4 is 5.32 Å². The summed E-state index contributed by atoms with van der Waals surface area (Å²) in [5, 5.41) is 3.83. The molecule has 26 heavy (non-hydrogen) atoms. The van der Waals surface area contributed by atoms with Crippen LogP contribution in [0.4, 0.5) is 0 Å². The predicted molar refractivity (Wildman–Crippen MR) is 110 cm³/mol. The van der Waals surface area contributed by atoms with Gasteiger partial charge in [0.25, 0.3) is 0 Å². The minimum absolute atomic E-state index is 0.0279. The van der Waals surface area contributed by atoms with Crippen molar-refractivity contribution in [3.63, 3.8) is 0 Å². The smallest absolute Gasteiger partial charge is 0.193 e. The van der Waals surface area contributed by atoms with Crippen LogP contribution >= 0.6 is 0 Å². The summed E-state index contributed by atoms with van der Waals surface area (Å²) in [6.45, 7) is 14.6. The van der Waals surface area contributed by atoms with E-state index in [1.807, 2.05) is 0 Å². The van der Waals surface area contributed by atoms with Gasteiger partial charge < -0.3 is 9.74 Å². The molecule has 1 aromatic rings. The second-order valence-corrected chi connectivity index (χ2v) is 13.7. The van der Waals surface area contributed by atoms with Crippen LogP contribution in [0, 0.1) is 24.2 Å². The molecule has 0 amide bonds. The van der Waals surface area contributed by atoms with Gasteiger partial charge >= 0.3 is 0 Å². The SMILES string of the molecule is CC[Si](CC)(CC)OC(CN[C@H]1C[C@@H]2[C@H](C1)C2(C)C)c1nccnc1C. The first-order valence-electron chi connectivity index (χ1n) is 10.6. The Morgan fingerprint density at radius 1 is 1.12 bits per heavy atom. The lowest BCUT2D eigenvalue weighted by molar-refractivity contribution is 0.173. The summed E-state index contributed by atoms with van der Waals surface area (Å²) in [6, 6.07) is 4.13. The van der Waals surface area contributed by atoms with Crippen molar-refractivity contribution in [3.8, 4) is 0 Å². The second kappa shape index (κ2) is 7.68. The Labute approximate surface area is 160 Å². The molecule has 4 nitrogen and oxygen atoms in total. The van der Waals surface area contributed by atoms with Crippen LogP contribution in [-0.4, -0.2) is 30.9 Å². The van der Waals surface area contributed by atoms with Crippen molar-refractivity contribution in [2.75, 3.05) is 6.54 Å². The number of hydrogen-bond acceptors (Lipinski definition) is 4. The fourth-order valence-corrected chi connectivity index (χ4v) is 7.97. The maximum Gasteiger partial charge on any atom is 0.193 e. The maximum absolute atomic E-state index is 6.87. The first-order valence-corrected chi connectivity index (χ1v) is 13.1. The van der Waals surface area contributed by atoms with E-state index in [1.54, 1.807) is 12.4 Å². The van der Waals surface area contributed by atoms with Crippen molar-refractivity contribution < 1.29 is 4.43 Å². The largest absolute Gasteiger partial charge is 0.407 e. The van der Waals surface area contributed by atoms with Gasteiger partial charge in [0.05, 0.1) is 11.4 Å². The third-order valence-electron chi connectivity index (χ3n) is 7.51. The van der Waals surface area contributed by atoms with Crippen molar-refractivity contribution in [1.82, 2.24) is 15.3 Å². The molecule has 2 aliphatic rings. The molecule has 0 spiro atoms. The Bertz CT molecular complexity index is 595. The Hall–Kier alpha value is -0.783. The summed E-state index contributed by atoms with van der Waals surface area (Å²) < 4.78 is 6.87. The van der Waals surface area contributed by atoms with E-state index < -0.39 is 8.32 Å². The lowest BCUT2D eigenvalue weighted by Gasteiger charge is -2.34. The average Bonchev–Trinajstić information content (AvgIpc) is 2.99. The van der Waals surface area contributed by atoms with Crippen LogP contribution in [0.1, 0.15) is 65.0 Å². The van der Waals surface area contributed by atoms with Crippen LogP contribution in [0.25, 0.3) is 0 Å². The van der Waals surface area contributed by atoms with Crippen molar-refractivity contribution in [3.05, 3.63) is 23.8 Å². The molecule has 3 rings (SSSR count). The number of fused-ring (bicyclic) bond motifs is 1. The van der Waals surface area contributed by atoms with Crippen molar-refractivity contribution in [2.24, 2.45) is 17.3 Å². The van der Waals surface area contributed by atoms with Crippen LogP contribution in [0.3, 0.4) is 0 Å². The Morgan fingerprint density at radius 2 is 1.69 bits per heavy atom. The molecule has 0 saturated heterocycles. The zero-order valence-electron chi connectivity index (χ0n) is 17.5. The van der Waals surface area contributed by atoms with Gasteiger partial charge in [-0.3, -0.25) is 9.97 Å². The number of aromatic nitrogens is 2. The van der Waals surface area contributed by atoms with Crippen LogP contribution in [0.15, 0.2) is 12.4 Å². The highest BCUT2D eigenvalue weighted by atomic mass is 28.4.